The van der Waals surface area contributed by atoms with Crippen LogP contribution >= 0.6 is 11.6 Å². The van der Waals surface area contributed by atoms with Gasteiger partial charge in [-0.2, -0.15) is 4.72 Å². The van der Waals surface area contributed by atoms with Crippen LogP contribution in [0.1, 0.15) is 12.5 Å². The molecule has 3 aromatic carbocycles. The summed E-state index contributed by atoms with van der Waals surface area (Å²) in [6.07, 6.45) is 0.0472. The Morgan fingerprint density at radius 2 is 1.82 bits per heavy atom. The minimum atomic E-state index is -4.15. The molecule has 2 N–H and O–H groups in total. The van der Waals surface area contributed by atoms with Crippen LogP contribution in [0.15, 0.2) is 77.7 Å². The Bertz CT molecular complexity index is 1280. The molecule has 0 fully saturated rings. The van der Waals surface area contributed by atoms with Crippen molar-refractivity contribution in [3.63, 3.8) is 0 Å². The van der Waals surface area contributed by atoms with Crippen LogP contribution in [0.5, 0.6) is 5.75 Å². The summed E-state index contributed by atoms with van der Waals surface area (Å²) in [7, 11) is -4.15. The zero-order valence-electron chi connectivity index (χ0n) is 18.1. The molecule has 0 spiro atoms. The van der Waals surface area contributed by atoms with Crippen LogP contribution < -0.4 is 14.8 Å². The van der Waals surface area contributed by atoms with Gasteiger partial charge in [-0.15, -0.1) is 0 Å². The van der Waals surface area contributed by atoms with Gasteiger partial charge in [-0.3, -0.25) is 14.9 Å². The van der Waals surface area contributed by atoms with Crippen molar-refractivity contribution >= 4 is 38.9 Å². The SMILES string of the molecule is CCOc1ccc(S(=O)(=O)NC(Cc2ccccc2)C(=O)Nc2cccc([N+](=O)[O-])c2)cc1Cl. The van der Waals surface area contributed by atoms with E-state index in [9.17, 15) is 23.3 Å². The molecular weight excluding hydrogens is 482 g/mol. The fourth-order valence-electron chi connectivity index (χ4n) is 3.14. The van der Waals surface area contributed by atoms with E-state index in [0.717, 1.165) is 0 Å². The van der Waals surface area contributed by atoms with E-state index in [-0.39, 0.29) is 27.7 Å². The number of rotatable bonds is 10. The third kappa shape index (κ3) is 6.53. The predicted octanol–water partition coefficient (Wildman–Crippen LogP) is 4.18. The average molecular weight is 504 g/mol. The van der Waals surface area contributed by atoms with Gasteiger partial charge in [0, 0.05) is 17.8 Å². The minimum absolute atomic E-state index is 0.0472. The number of nitro benzene ring substituents is 1. The van der Waals surface area contributed by atoms with Gasteiger partial charge in [0.05, 0.1) is 21.4 Å². The van der Waals surface area contributed by atoms with Crippen molar-refractivity contribution in [3.05, 3.63) is 93.5 Å². The van der Waals surface area contributed by atoms with Crippen molar-refractivity contribution in [1.29, 1.82) is 0 Å². The molecule has 0 aromatic heterocycles. The summed E-state index contributed by atoms with van der Waals surface area (Å²) in [6, 6.07) is 17.0. The number of benzene rings is 3. The zero-order chi connectivity index (χ0) is 24.7. The molecule has 1 unspecified atom stereocenters. The van der Waals surface area contributed by atoms with Crippen LogP contribution in [0.25, 0.3) is 0 Å². The van der Waals surface area contributed by atoms with Gasteiger partial charge in [0.25, 0.3) is 5.69 Å². The van der Waals surface area contributed by atoms with E-state index in [1.165, 1.54) is 42.5 Å². The Labute approximate surface area is 201 Å². The molecule has 0 aliphatic carbocycles. The maximum atomic E-state index is 13.1. The number of ether oxygens (including phenoxy) is 1. The van der Waals surface area contributed by atoms with Gasteiger partial charge in [0.15, 0.2) is 0 Å². The lowest BCUT2D eigenvalue weighted by molar-refractivity contribution is -0.384. The van der Waals surface area contributed by atoms with E-state index < -0.39 is 26.9 Å². The summed E-state index contributed by atoms with van der Waals surface area (Å²) in [4.78, 5) is 23.4. The lowest BCUT2D eigenvalue weighted by Crippen LogP contribution is -2.45. The topological polar surface area (TPSA) is 128 Å². The first-order chi connectivity index (χ1) is 16.2. The number of amides is 1. The zero-order valence-corrected chi connectivity index (χ0v) is 19.7. The van der Waals surface area contributed by atoms with Crippen LogP contribution in [0, 0.1) is 10.1 Å². The molecule has 0 bridgehead atoms. The number of non-ortho nitro benzene ring substituents is 1. The Kier molecular flexibility index (Phi) is 8.21. The molecule has 0 aliphatic rings. The van der Waals surface area contributed by atoms with Crippen molar-refractivity contribution < 1.29 is 22.9 Å². The number of nitrogens with one attached hydrogen (secondary N) is 2. The highest BCUT2D eigenvalue weighted by Crippen LogP contribution is 2.27. The molecule has 0 saturated heterocycles. The summed E-state index contributed by atoms with van der Waals surface area (Å²) in [5.41, 5.74) is 0.678. The Hall–Kier alpha value is -3.47. The molecule has 9 nitrogen and oxygen atoms in total. The van der Waals surface area contributed by atoms with Gasteiger partial charge in [-0.25, -0.2) is 8.42 Å². The maximum Gasteiger partial charge on any atom is 0.271 e. The van der Waals surface area contributed by atoms with Gasteiger partial charge in [0.1, 0.15) is 11.8 Å². The summed E-state index contributed by atoms with van der Waals surface area (Å²) < 4.78 is 33.9. The number of sulfonamides is 1. The van der Waals surface area contributed by atoms with E-state index in [1.54, 1.807) is 37.3 Å². The van der Waals surface area contributed by atoms with Crippen LogP contribution in [0.3, 0.4) is 0 Å². The highest BCUT2D eigenvalue weighted by molar-refractivity contribution is 7.89. The van der Waals surface area contributed by atoms with Crippen molar-refractivity contribution in [2.45, 2.75) is 24.3 Å². The Balaban J connectivity index is 1.88. The van der Waals surface area contributed by atoms with Crippen molar-refractivity contribution in [2.24, 2.45) is 0 Å². The molecule has 3 aromatic rings. The van der Waals surface area contributed by atoms with Gasteiger partial charge >= 0.3 is 0 Å². The van der Waals surface area contributed by atoms with E-state index in [4.69, 9.17) is 16.3 Å². The number of carbonyl (C=O) groups excluding carboxylic acids is 1. The fraction of sp³-hybridized carbons (Fsp3) is 0.174. The average Bonchev–Trinajstić information content (AvgIpc) is 2.80. The van der Waals surface area contributed by atoms with Crippen LogP contribution in [-0.4, -0.2) is 31.9 Å². The van der Waals surface area contributed by atoms with E-state index in [1.807, 2.05) is 0 Å². The Morgan fingerprint density at radius 1 is 1.09 bits per heavy atom. The standard InChI is InChI=1S/C23H22ClN3O6S/c1-2-33-22-12-11-19(15-20(22)24)34(31,32)26-21(13-16-7-4-3-5-8-16)23(28)25-17-9-6-10-18(14-17)27(29)30/h3-12,14-15,21,26H,2,13H2,1H3,(H,25,28). The molecular formula is C23H22ClN3O6S. The number of hydrogen-bond donors (Lipinski definition) is 2. The second-order valence-corrected chi connectivity index (χ2v) is 9.31. The molecule has 1 atom stereocenters. The first-order valence-electron chi connectivity index (χ1n) is 10.2. The first-order valence-corrected chi connectivity index (χ1v) is 12.1. The van der Waals surface area contributed by atoms with Crippen molar-refractivity contribution in [3.8, 4) is 5.75 Å². The summed E-state index contributed by atoms with van der Waals surface area (Å²) in [5.74, 6) is -0.336. The molecule has 0 radical (unpaired) electrons. The largest absolute Gasteiger partial charge is 0.492 e. The molecule has 11 heteroatoms. The summed E-state index contributed by atoms with van der Waals surface area (Å²) in [5, 5.41) is 13.7. The van der Waals surface area contributed by atoms with Gasteiger partial charge < -0.3 is 10.1 Å². The number of nitrogens with zero attached hydrogens (tertiary/aromatic N) is 1. The number of nitro groups is 1. The van der Waals surface area contributed by atoms with Gasteiger partial charge in [0.2, 0.25) is 15.9 Å². The van der Waals surface area contributed by atoms with Gasteiger partial charge in [-0.05, 0) is 43.2 Å². The molecule has 0 heterocycles. The minimum Gasteiger partial charge on any atom is -0.492 e. The molecule has 1 amide bonds. The van der Waals surface area contributed by atoms with Crippen LogP contribution in [-0.2, 0) is 21.2 Å². The summed E-state index contributed by atoms with van der Waals surface area (Å²) in [6.45, 7) is 2.14. The van der Waals surface area contributed by atoms with Gasteiger partial charge in [-0.1, -0.05) is 48.0 Å². The van der Waals surface area contributed by atoms with Crippen molar-refractivity contribution in [1.82, 2.24) is 4.72 Å². The maximum absolute atomic E-state index is 13.1. The summed E-state index contributed by atoms with van der Waals surface area (Å²) >= 11 is 6.14. The second-order valence-electron chi connectivity index (χ2n) is 7.19. The van der Waals surface area contributed by atoms with E-state index in [0.29, 0.717) is 17.9 Å². The monoisotopic (exact) mass is 503 g/mol. The van der Waals surface area contributed by atoms with E-state index >= 15 is 0 Å². The number of hydrogen-bond acceptors (Lipinski definition) is 6. The second kappa shape index (κ2) is 11.1. The molecule has 34 heavy (non-hydrogen) atoms. The number of carbonyl (C=O) groups is 1. The quantitative estimate of drug-likeness (QED) is 0.315. The molecule has 3 rings (SSSR count). The lowest BCUT2D eigenvalue weighted by atomic mass is 10.1. The van der Waals surface area contributed by atoms with Crippen LogP contribution in [0.2, 0.25) is 5.02 Å². The van der Waals surface area contributed by atoms with Crippen LogP contribution in [0.4, 0.5) is 11.4 Å². The first kappa shape index (κ1) is 25.2. The highest BCUT2D eigenvalue weighted by Gasteiger charge is 2.27. The van der Waals surface area contributed by atoms with E-state index in [2.05, 4.69) is 10.0 Å². The lowest BCUT2D eigenvalue weighted by Gasteiger charge is -2.19. The molecule has 178 valence electrons. The Morgan fingerprint density at radius 3 is 2.47 bits per heavy atom. The fourth-order valence-corrected chi connectivity index (χ4v) is 4.66. The number of anilines is 1. The third-order valence-electron chi connectivity index (χ3n) is 4.73. The normalized spacial score (nSPS) is 12.1. The smallest absolute Gasteiger partial charge is 0.271 e. The molecule has 0 saturated carbocycles. The van der Waals surface area contributed by atoms with Crippen molar-refractivity contribution in [2.75, 3.05) is 11.9 Å². The third-order valence-corrected chi connectivity index (χ3v) is 6.50. The predicted molar refractivity (Wildman–Crippen MR) is 129 cm³/mol. The highest BCUT2D eigenvalue weighted by atomic mass is 35.5. The number of halogens is 1. The molecule has 0 aliphatic heterocycles.